The zero-order valence-corrected chi connectivity index (χ0v) is 13.5. The molecular formula is C15H28N6. The Morgan fingerprint density at radius 2 is 2.10 bits per heavy atom. The van der Waals surface area contributed by atoms with Crippen LogP contribution in [0, 0.1) is 5.92 Å². The third kappa shape index (κ3) is 3.43. The highest BCUT2D eigenvalue weighted by Gasteiger charge is 2.41. The Morgan fingerprint density at radius 3 is 2.71 bits per heavy atom. The monoisotopic (exact) mass is 292 g/mol. The first-order valence-corrected chi connectivity index (χ1v) is 8.28. The van der Waals surface area contributed by atoms with E-state index >= 15 is 0 Å². The normalized spacial score (nSPS) is 26.0. The van der Waals surface area contributed by atoms with Crippen LogP contribution in [0.2, 0.25) is 0 Å². The third-order valence-corrected chi connectivity index (χ3v) is 4.93. The van der Waals surface area contributed by atoms with E-state index in [-0.39, 0.29) is 0 Å². The van der Waals surface area contributed by atoms with Gasteiger partial charge < -0.3 is 5.32 Å². The van der Waals surface area contributed by atoms with Gasteiger partial charge in [0.2, 0.25) is 0 Å². The standard InChI is InChI=1S/C15H28N6/c1-12(2)8-13-9-16-15(6-4-5-7-15)11-21(13)10-14-17-19-20(3)18-14/h12-13,16H,4-11H2,1-3H3. The maximum Gasteiger partial charge on any atom is 0.188 e. The maximum absolute atomic E-state index is 4.37. The Hall–Kier alpha value is -1.01. The largest absolute Gasteiger partial charge is 0.308 e. The zero-order chi connectivity index (χ0) is 14.9. The van der Waals surface area contributed by atoms with Crippen molar-refractivity contribution in [3.8, 4) is 0 Å². The molecule has 1 saturated heterocycles. The SMILES string of the molecule is CC(C)CC1CNC2(CCCC2)CN1Cc1nnn(C)n1. The third-order valence-electron chi connectivity index (χ3n) is 4.93. The summed E-state index contributed by atoms with van der Waals surface area (Å²) in [5.41, 5.74) is 0.343. The summed E-state index contributed by atoms with van der Waals surface area (Å²) in [7, 11) is 1.83. The number of rotatable bonds is 4. The number of tetrazole rings is 1. The summed E-state index contributed by atoms with van der Waals surface area (Å²) >= 11 is 0. The number of aromatic nitrogens is 4. The van der Waals surface area contributed by atoms with Gasteiger partial charge in [0, 0.05) is 24.7 Å². The first-order chi connectivity index (χ1) is 10.1. The molecule has 0 aromatic carbocycles. The Balaban J connectivity index is 1.72. The van der Waals surface area contributed by atoms with Crippen LogP contribution in [0.25, 0.3) is 0 Å². The number of piperazine rings is 1. The van der Waals surface area contributed by atoms with Gasteiger partial charge in [-0.05, 0) is 30.4 Å². The fourth-order valence-electron chi connectivity index (χ4n) is 3.95. The minimum absolute atomic E-state index is 0.343. The molecule has 1 aromatic rings. The molecule has 1 atom stereocenters. The maximum atomic E-state index is 4.37. The van der Waals surface area contributed by atoms with Crippen molar-refractivity contribution in [1.29, 1.82) is 0 Å². The highest BCUT2D eigenvalue weighted by atomic mass is 15.6. The lowest BCUT2D eigenvalue weighted by Crippen LogP contribution is -2.63. The summed E-state index contributed by atoms with van der Waals surface area (Å²) in [6, 6.07) is 0.583. The summed E-state index contributed by atoms with van der Waals surface area (Å²) in [4.78, 5) is 4.15. The second-order valence-corrected chi connectivity index (χ2v) is 7.25. The van der Waals surface area contributed by atoms with Crippen molar-refractivity contribution in [2.45, 2.75) is 64.1 Å². The highest BCUT2D eigenvalue weighted by Crippen LogP contribution is 2.34. The molecule has 1 saturated carbocycles. The van der Waals surface area contributed by atoms with Crippen molar-refractivity contribution in [1.82, 2.24) is 30.4 Å². The van der Waals surface area contributed by atoms with Crippen molar-refractivity contribution in [3.63, 3.8) is 0 Å². The summed E-state index contributed by atoms with van der Waals surface area (Å²) in [6.45, 7) is 7.66. The van der Waals surface area contributed by atoms with Gasteiger partial charge >= 0.3 is 0 Å². The molecule has 1 unspecified atom stereocenters. The molecule has 3 rings (SSSR count). The van der Waals surface area contributed by atoms with Crippen molar-refractivity contribution in [3.05, 3.63) is 5.82 Å². The molecule has 1 N–H and O–H groups in total. The van der Waals surface area contributed by atoms with Gasteiger partial charge in [0.15, 0.2) is 5.82 Å². The van der Waals surface area contributed by atoms with E-state index in [0.717, 1.165) is 25.5 Å². The molecule has 6 heteroatoms. The van der Waals surface area contributed by atoms with Crippen LogP contribution in [0.5, 0.6) is 0 Å². The van der Waals surface area contributed by atoms with Gasteiger partial charge in [-0.3, -0.25) is 4.90 Å². The van der Waals surface area contributed by atoms with Crippen molar-refractivity contribution < 1.29 is 0 Å². The van der Waals surface area contributed by atoms with E-state index < -0.39 is 0 Å². The summed E-state index contributed by atoms with van der Waals surface area (Å²) in [5.74, 6) is 1.56. The van der Waals surface area contributed by atoms with Gasteiger partial charge in [-0.1, -0.05) is 26.7 Å². The van der Waals surface area contributed by atoms with Gasteiger partial charge in [0.25, 0.3) is 0 Å². The highest BCUT2D eigenvalue weighted by molar-refractivity contribution is 5.01. The van der Waals surface area contributed by atoms with E-state index in [9.17, 15) is 0 Å². The van der Waals surface area contributed by atoms with Crippen LogP contribution >= 0.6 is 0 Å². The Bertz CT molecular complexity index is 462. The van der Waals surface area contributed by atoms with E-state index in [1.807, 2.05) is 7.05 Å². The minimum atomic E-state index is 0.343. The van der Waals surface area contributed by atoms with Crippen LogP contribution in [0.4, 0.5) is 0 Å². The van der Waals surface area contributed by atoms with Gasteiger partial charge in [-0.25, -0.2) is 0 Å². The zero-order valence-electron chi connectivity index (χ0n) is 13.5. The van der Waals surface area contributed by atoms with Gasteiger partial charge in [0.1, 0.15) is 0 Å². The van der Waals surface area contributed by atoms with E-state index in [1.54, 1.807) is 4.80 Å². The molecule has 2 fully saturated rings. The number of hydrogen-bond acceptors (Lipinski definition) is 5. The molecule has 0 bridgehead atoms. The molecule has 21 heavy (non-hydrogen) atoms. The lowest BCUT2D eigenvalue weighted by atomic mass is 9.90. The number of hydrogen-bond donors (Lipinski definition) is 1. The van der Waals surface area contributed by atoms with Crippen LogP contribution in [0.3, 0.4) is 0 Å². The Morgan fingerprint density at radius 1 is 1.33 bits per heavy atom. The molecule has 118 valence electrons. The van der Waals surface area contributed by atoms with Crippen LogP contribution in [0.1, 0.15) is 51.8 Å². The minimum Gasteiger partial charge on any atom is -0.308 e. The predicted octanol–water partition coefficient (Wildman–Crippen LogP) is 1.34. The number of nitrogens with zero attached hydrogens (tertiary/aromatic N) is 5. The fourth-order valence-corrected chi connectivity index (χ4v) is 3.95. The summed E-state index contributed by atoms with van der Waals surface area (Å²) in [6.07, 6.45) is 6.57. The Labute approximate surface area is 127 Å². The fraction of sp³-hybridized carbons (Fsp3) is 0.933. The van der Waals surface area contributed by atoms with E-state index in [2.05, 4.69) is 39.5 Å². The van der Waals surface area contributed by atoms with Gasteiger partial charge in [-0.2, -0.15) is 4.80 Å². The lowest BCUT2D eigenvalue weighted by Gasteiger charge is -2.46. The quantitative estimate of drug-likeness (QED) is 0.907. The van der Waals surface area contributed by atoms with E-state index in [0.29, 0.717) is 17.5 Å². The van der Waals surface area contributed by atoms with Gasteiger partial charge in [-0.15, -0.1) is 10.2 Å². The van der Waals surface area contributed by atoms with Gasteiger partial charge in [0.05, 0.1) is 13.6 Å². The van der Waals surface area contributed by atoms with Crippen molar-refractivity contribution >= 4 is 0 Å². The molecule has 0 amide bonds. The van der Waals surface area contributed by atoms with Crippen molar-refractivity contribution in [2.75, 3.05) is 13.1 Å². The molecule has 2 heterocycles. The number of aryl methyl sites for hydroxylation is 1. The molecule has 6 nitrogen and oxygen atoms in total. The van der Waals surface area contributed by atoms with E-state index in [1.165, 1.54) is 32.1 Å². The average Bonchev–Trinajstić information content (AvgIpc) is 3.03. The molecule has 1 aliphatic carbocycles. The molecule has 2 aliphatic rings. The molecule has 1 aromatic heterocycles. The first kappa shape index (κ1) is 14.9. The molecule has 1 aliphatic heterocycles. The first-order valence-electron chi connectivity index (χ1n) is 8.28. The van der Waals surface area contributed by atoms with Crippen LogP contribution in [-0.4, -0.2) is 49.8 Å². The Kier molecular flexibility index (Phi) is 4.26. The van der Waals surface area contributed by atoms with Crippen LogP contribution in [0.15, 0.2) is 0 Å². The summed E-state index contributed by atoms with van der Waals surface area (Å²) in [5, 5.41) is 16.4. The smallest absolute Gasteiger partial charge is 0.188 e. The van der Waals surface area contributed by atoms with Crippen molar-refractivity contribution in [2.24, 2.45) is 13.0 Å². The topological polar surface area (TPSA) is 58.9 Å². The summed E-state index contributed by atoms with van der Waals surface area (Å²) < 4.78 is 0. The van der Waals surface area contributed by atoms with Crippen LogP contribution < -0.4 is 5.32 Å². The second kappa shape index (κ2) is 6.01. The lowest BCUT2D eigenvalue weighted by molar-refractivity contribution is 0.0608. The van der Waals surface area contributed by atoms with Crippen LogP contribution in [-0.2, 0) is 13.6 Å². The predicted molar refractivity (Wildman–Crippen MR) is 81.7 cm³/mol. The number of nitrogens with one attached hydrogen (secondary N) is 1. The molecule has 1 spiro atoms. The molecule has 0 radical (unpaired) electrons. The average molecular weight is 292 g/mol. The second-order valence-electron chi connectivity index (χ2n) is 7.25. The molecular weight excluding hydrogens is 264 g/mol. The van der Waals surface area contributed by atoms with E-state index in [4.69, 9.17) is 0 Å².